The second-order valence-electron chi connectivity index (χ2n) is 4.46. The van der Waals surface area contributed by atoms with E-state index in [2.05, 4.69) is 38.2 Å². The van der Waals surface area contributed by atoms with Crippen LogP contribution in [0.5, 0.6) is 0 Å². The Balaban J connectivity index is 2.28. The van der Waals surface area contributed by atoms with Crippen molar-refractivity contribution in [2.75, 3.05) is 6.54 Å². The number of thiophene rings is 1. The van der Waals surface area contributed by atoms with E-state index in [4.69, 9.17) is 0 Å². The Hall–Kier alpha value is -0.340. The number of rotatable bonds is 2. The van der Waals surface area contributed by atoms with Crippen LogP contribution < -0.4 is 5.32 Å². The highest BCUT2D eigenvalue weighted by atomic mass is 32.1. The summed E-state index contributed by atoms with van der Waals surface area (Å²) in [4.78, 5) is 3.08. The van der Waals surface area contributed by atoms with Crippen LogP contribution in [0.3, 0.4) is 0 Å². The van der Waals surface area contributed by atoms with Gasteiger partial charge in [-0.1, -0.05) is 13.8 Å². The molecule has 0 aromatic carbocycles. The quantitative estimate of drug-likeness (QED) is 0.789. The lowest BCUT2D eigenvalue weighted by molar-refractivity contribution is 0.435. The Morgan fingerprint density at radius 2 is 2.36 bits per heavy atom. The van der Waals surface area contributed by atoms with Gasteiger partial charge in [-0.3, -0.25) is 0 Å². The fourth-order valence-corrected chi connectivity index (χ4v) is 3.41. The molecule has 1 aliphatic heterocycles. The minimum Gasteiger partial charge on any atom is -0.313 e. The molecule has 1 saturated heterocycles. The third-order valence-electron chi connectivity index (χ3n) is 3.62. The van der Waals surface area contributed by atoms with Gasteiger partial charge in [-0.15, -0.1) is 11.3 Å². The molecule has 2 atom stereocenters. The Morgan fingerprint density at radius 1 is 1.57 bits per heavy atom. The number of hydrogen-bond acceptors (Lipinski definition) is 2. The van der Waals surface area contributed by atoms with Crippen molar-refractivity contribution in [3.63, 3.8) is 0 Å². The van der Waals surface area contributed by atoms with Crippen LogP contribution in [-0.2, 0) is 11.8 Å². The summed E-state index contributed by atoms with van der Waals surface area (Å²) in [6, 6.07) is 5.23. The topological polar surface area (TPSA) is 12.0 Å². The molecule has 14 heavy (non-hydrogen) atoms. The van der Waals surface area contributed by atoms with Gasteiger partial charge in [-0.25, -0.2) is 0 Å². The standard InChI is InChI=1S/C12H19NS/c1-4-10-5-6-11(14-10)12(3)7-8-13-9(12)2/h5-6,9,13H,4,7-8H2,1-3H3. The third kappa shape index (κ3) is 1.51. The van der Waals surface area contributed by atoms with Crippen molar-refractivity contribution in [1.29, 1.82) is 0 Å². The van der Waals surface area contributed by atoms with Gasteiger partial charge < -0.3 is 5.32 Å². The molecule has 2 unspecified atom stereocenters. The molecule has 1 fully saturated rings. The van der Waals surface area contributed by atoms with Gasteiger partial charge >= 0.3 is 0 Å². The second-order valence-corrected chi connectivity index (χ2v) is 5.63. The first-order valence-corrected chi connectivity index (χ1v) is 6.31. The summed E-state index contributed by atoms with van der Waals surface area (Å²) in [6.07, 6.45) is 2.44. The van der Waals surface area contributed by atoms with E-state index >= 15 is 0 Å². The molecule has 1 nitrogen and oxygen atoms in total. The van der Waals surface area contributed by atoms with Crippen molar-refractivity contribution in [3.05, 3.63) is 21.9 Å². The van der Waals surface area contributed by atoms with Gasteiger partial charge in [-0.2, -0.15) is 0 Å². The Morgan fingerprint density at radius 3 is 2.86 bits per heavy atom. The predicted molar refractivity (Wildman–Crippen MR) is 63.1 cm³/mol. The zero-order chi connectivity index (χ0) is 10.2. The van der Waals surface area contributed by atoms with Crippen LogP contribution >= 0.6 is 11.3 Å². The van der Waals surface area contributed by atoms with Crippen molar-refractivity contribution < 1.29 is 0 Å². The summed E-state index contributed by atoms with van der Waals surface area (Å²) in [5, 5.41) is 3.54. The number of aryl methyl sites for hydroxylation is 1. The fourth-order valence-electron chi connectivity index (χ4n) is 2.20. The Bertz CT molecular complexity index is 318. The molecular weight excluding hydrogens is 190 g/mol. The third-order valence-corrected chi connectivity index (χ3v) is 5.13. The minimum absolute atomic E-state index is 0.373. The van der Waals surface area contributed by atoms with Crippen molar-refractivity contribution >= 4 is 11.3 Å². The zero-order valence-corrected chi connectivity index (χ0v) is 10.1. The van der Waals surface area contributed by atoms with Gasteiger partial charge in [0.05, 0.1) is 0 Å². The van der Waals surface area contributed by atoms with Crippen LogP contribution in [0.15, 0.2) is 12.1 Å². The lowest BCUT2D eigenvalue weighted by Crippen LogP contribution is -2.34. The van der Waals surface area contributed by atoms with Crippen molar-refractivity contribution in [2.45, 2.75) is 45.1 Å². The molecule has 0 radical (unpaired) electrons. The van der Waals surface area contributed by atoms with E-state index in [9.17, 15) is 0 Å². The minimum atomic E-state index is 0.373. The maximum atomic E-state index is 3.54. The second kappa shape index (κ2) is 3.67. The highest BCUT2D eigenvalue weighted by Crippen LogP contribution is 2.38. The van der Waals surface area contributed by atoms with E-state index in [1.165, 1.54) is 17.7 Å². The van der Waals surface area contributed by atoms with E-state index in [1.54, 1.807) is 4.88 Å². The summed E-state index contributed by atoms with van der Waals surface area (Å²) in [6.45, 7) is 8.09. The average Bonchev–Trinajstić information content (AvgIpc) is 2.75. The van der Waals surface area contributed by atoms with Crippen LogP contribution in [0.1, 0.15) is 36.9 Å². The van der Waals surface area contributed by atoms with Gasteiger partial charge in [0.1, 0.15) is 0 Å². The lowest BCUT2D eigenvalue weighted by Gasteiger charge is -2.27. The monoisotopic (exact) mass is 209 g/mol. The number of nitrogens with one attached hydrogen (secondary N) is 1. The summed E-state index contributed by atoms with van der Waals surface area (Å²) < 4.78 is 0. The molecule has 1 aliphatic rings. The molecule has 1 aromatic rings. The smallest absolute Gasteiger partial charge is 0.0181 e. The SMILES string of the molecule is CCc1ccc(C2(C)CCNC2C)s1. The maximum Gasteiger partial charge on any atom is 0.0181 e. The van der Waals surface area contributed by atoms with E-state index in [0.29, 0.717) is 11.5 Å². The summed E-state index contributed by atoms with van der Waals surface area (Å²) in [5.74, 6) is 0. The normalized spacial score (nSPS) is 32.4. The lowest BCUT2D eigenvalue weighted by atomic mass is 9.82. The van der Waals surface area contributed by atoms with E-state index in [0.717, 1.165) is 6.54 Å². The molecule has 0 amide bonds. The van der Waals surface area contributed by atoms with Crippen molar-refractivity contribution in [3.8, 4) is 0 Å². The van der Waals surface area contributed by atoms with Crippen LogP contribution in [0.2, 0.25) is 0 Å². The molecular formula is C12H19NS. The Kier molecular flexibility index (Phi) is 2.67. The molecule has 78 valence electrons. The zero-order valence-electron chi connectivity index (χ0n) is 9.26. The largest absolute Gasteiger partial charge is 0.313 e. The van der Waals surface area contributed by atoms with Gasteiger partial charge in [-0.05, 0) is 38.4 Å². The number of hydrogen-bond donors (Lipinski definition) is 1. The molecule has 0 saturated carbocycles. The highest BCUT2D eigenvalue weighted by Gasteiger charge is 2.38. The molecule has 2 heteroatoms. The maximum absolute atomic E-state index is 3.54. The molecule has 0 aliphatic carbocycles. The first kappa shape index (κ1) is 10.2. The van der Waals surface area contributed by atoms with E-state index in [1.807, 2.05) is 11.3 Å². The first-order chi connectivity index (χ1) is 6.66. The highest BCUT2D eigenvalue weighted by molar-refractivity contribution is 7.12. The van der Waals surface area contributed by atoms with Crippen LogP contribution in [0.4, 0.5) is 0 Å². The molecule has 0 spiro atoms. The molecule has 0 bridgehead atoms. The van der Waals surface area contributed by atoms with E-state index < -0.39 is 0 Å². The molecule has 2 rings (SSSR count). The molecule has 1 aromatic heterocycles. The van der Waals surface area contributed by atoms with Gasteiger partial charge in [0, 0.05) is 21.2 Å². The van der Waals surface area contributed by atoms with Gasteiger partial charge in [0.25, 0.3) is 0 Å². The van der Waals surface area contributed by atoms with Crippen molar-refractivity contribution in [1.82, 2.24) is 5.32 Å². The van der Waals surface area contributed by atoms with Gasteiger partial charge in [0.15, 0.2) is 0 Å². The van der Waals surface area contributed by atoms with Crippen LogP contribution in [-0.4, -0.2) is 12.6 Å². The Labute approximate surface area is 90.5 Å². The molecule has 2 heterocycles. The van der Waals surface area contributed by atoms with Crippen molar-refractivity contribution in [2.24, 2.45) is 0 Å². The van der Waals surface area contributed by atoms with Gasteiger partial charge in [0.2, 0.25) is 0 Å². The summed E-state index contributed by atoms with van der Waals surface area (Å²) in [7, 11) is 0. The first-order valence-electron chi connectivity index (χ1n) is 5.49. The van der Waals surface area contributed by atoms with E-state index in [-0.39, 0.29) is 0 Å². The average molecular weight is 209 g/mol. The van der Waals surface area contributed by atoms with Crippen LogP contribution in [0, 0.1) is 0 Å². The molecule has 1 N–H and O–H groups in total. The summed E-state index contributed by atoms with van der Waals surface area (Å²) >= 11 is 1.99. The predicted octanol–water partition coefficient (Wildman–Crippen LogP) is 2.95. The van der Waals surface area contributed by atoms with Crippen LogP contribution in [0.25, 0.3) is 0 Å². The fraction of sp³-hybridized carbons (Fsp3) is 0.667. The summed E-state index contributed by atoms with van der Waals surface area (Å²) in [5.41, 5.74) is 0.373.